The summed E-state index contributed by atoms with van der Waals surface area (Å²) in [5, 5.41) is 0. The highest BCUT2D eigenvalue weighted by Gasteiger charge is 2.29. The molecule has 0 aliphatic carbocycles. The number of carbonyl (C=O) groups excluding carboxylic acids is 2. The van der Waals surface area contributed by atoms with Gasteiger partial charge in [-0.3, -0.25) is 9.59 Å². The van der Waals surface area contributed by atoms with E-state index in [0.717, 1.165) is 37.2 Å². The van der Waals surface area contributed by atoms with Crippen LogP contribution in [0.25, 0.3) is 0 Å². The maximum Gasteiger partial charge on any atom is 0.231 e. The van der Waals surface area contributed by atoms with E-state index in [1.807, 2.05) is 0 Å². The number of carbonyl (C=O) groups is 2. The van der Waals surface area contributed by atoms with Crippen LogP contribution in [0.3, 0.4) is 0 Å². The number of halogens is 2. The van der Waals surface area contributed by atoms with Crippen molar-refractivity contribution in [1.82, 2.24) is 4.90 Å². The number of ketones is 1. The Labute approximate surface area is 162 Å². The first-order valence-corrected chi connectivity index (χ1v) is 9.62. The SMILES string of the molecule is O=C(c1cccc(F)c1)C1CCN(CCN2C(=O)Cc3cc(F)ccc32)CC1. The number of hydrogen-bond acceptors (Lipinski definition) is 3. The molecule has 0 radical (unpaired) electrons. The first kappa shape index (κ1) is 18.7. The molecule has 0 spiro atoms. The summed E-state index contributed by atoms with van der Waals surface area (Å²) in [6.45, 7) is 2.80. The van der Waals surface area contributed by atoms with Gasteiger partial charge in [0, 0.05) is 30.3 Å². The molecule has 0 unspecified atom stereocenters. The Morgan fingerprint density at radius 1 is 1.00 bits per heavy atom. The van der Waals surface area contributed by atoms with Crippen molar-refractivity contribution < 1.29 is 18.4 Å². The first-order valence-electron chi connectivity index (χ1n) is 9.62. The van der Waals surface area contributed by atoms with E-state index in [4.69, 9.17) is 0 Å². The van der Waals surface area contributed by atoms with Crippen molar-refractivity contribution in [1.29, 1.82) is 0 Å². The summed E-state index contributed by atoms with van der Waals surface area (Å²) in [6, 6.07) is 10.3. The summed E-state index contributed by atoms with van der Waals surface area (Å²) in [6.07, 6.45) is 1.70. The number of likely N-dealkylation sites (tertiary alicyclic amines) is 1. The van der Waals surface area contributed by atoms with Gasteiger partial charge in [-0.25, -0.2) is 8.78 Å². The van der Waals surface area contributed by atoms with Gasteiger partial charge in [-0.05, 0) is 61.8 Å². The molecule has 2 heterocycles. The molecule has 0 aromatic heterocycles. The molecule has 2 aromatic rings. The third-order valence-corrected chi connectivity index (χ3v) is 5.68. The molecular formula is C22H22F2N2O2. The number of fused-ring (bicyclic) bond motifs is 1. The Hall–Kier alpha value is -2.60. The van der Waals surface area contributed by atoms with Crippen LogP contribution < -0.4 is 4.90 Å². The normalized spacial score (nSPS) is 17.8. The van der Waals surface area contributed by atoms with E-state index in [-0.39, 0.29) is 29.8 Å². The zero-order valence-corrected chi connectivity index (χ0v) is 15.5. The van der Waals surface area contributed by atoms with Crippen molar-refractivity contribution in [2.24, 2.45) is 5.92 Å². The highest BCUT2D eigenvalue weighted by molar-refractivity contribution is 6.01. The molecule has 6 heteroatoms. The smallest absolute Gasteiger partial charge is 0.231 e. The highest BCUT2D eigenvalue weighted by atomic mass is 19.1. The quantitative estimate of drug-likeness (QED) is 0.742. The van der Waals surface area contributed by atoms with Crippen LogP contribution >= 0.6 is 0 Å². The summed E-state index contributed by atoms with van der Waals surface area (Å²) in [7, 11) is 0. The molecule has 2 aliphatic rings. The monoisotopic (exact) mass is 384 g/mol. The zero-order chi connectivity index (χ0) is 19.7. The Balaban J connectivity index is 1.31. The summed E-state index contributed by atoms with van der Waals surface area (Å²) >= 11 is 0. The number of piperidine rings is 1. The van der Waals surface area contributed by atoms with Crippen LogP contribution in [0.2, 0.25) is 0 Å². The topological polar surface area (TPSA) is 40.6 Å². The minimum atomic E-state index is -0.390. The predicted octanol–water partition coefficient (Wildman–Crippen LogP) is 3.45. The predicted molar refractivity (Wildman–Crippen MR) is 102 cm³/mol. The molecule has 0 atom stereocenters. The molecule has 4 nitrogen and oxygen atoms in total. The summed E-state index contributed by atoms with van der Waals surface area (Å²) in [5.74, 6) is -0.797. The molecule has 146 valence electrons. The van der Waals surface area contributed by atoms with Crippen molar-refractivity contribution in [3.8, 4) is 0 Å². The van der Waals surface area contributed by atoms with Gasteiger partial charge in [0.2, 0.25) is 5.91 Å². The first-order chi connectivity index (χ1) is 13.5. The number of nitrogens with zero attached hydrogens (tertiary/aromatic N) is 2. The number of anilines is 1. The van der Waals surface area contributed by atoms with Gasteiger partial charge in [0.05, 0.1) is 6.42 Å². The van der Waals surface area contributed by atoms with Crippen LogP contribution in [0.4, 0.5) is 14.5 Å². The van der Waals surface area contributed by atoms with Crippen molar-refractivity contribution in [3.63, 3.8) is 0 Å². The average molecular weight is 384 g/mol. The molecule has 2 aromatic carbocycles. The second kappa shape index (κ2) is 7.80. The van der Waals surface area contributed by atoms with Gasteiger partial charge in [-0.2, -0.15) is 0 Å². The molecule has 2 aliphatic heterocycles. The third kappa shape index (κ3) is 3.83. The molecule has 1 saturated heterocycles. The maximum atomic E-state index is 13.4. The Morgan fingerprint density at radius 2 is 1.75 bits per heavy atom. The van der Waals surface area contributed by atoms with Crippen molar-refractivity contribution in [3.05, 3.63) is 65.2 Å². The molecule has 1 fully saturated rings. The lowest BCUT2D eigenvalue weighted by Crippen LogP contribution is -2.41. The minimum Gasteiger partial charge on any atom is -0.311 e. The number of amides is 1. The molecule has 4 rings (SSSR count). The fourth-order valence-electron chi connectivity index (χ4n) is 4.13. The maximum absolute atomic E-state index is 13.4. The summed E-state index contributed by atoms with van der Waals surface area (Å²) in [4.78, 5) is 28.8. The molecule has 0 bridgehead atoms. The van der Waals surface area contributed by atoms with E-state index in [0.29, 0.717) is 18.7 Å². The third-order valence-electron chi connectivity index (χ3n) is 5.68. The number of Topliss-reactive ketones (excluding diaryl/α,β-unsaturated/α-hetero) is 1. The van der Waals surface area contributed by atoms with E-state index in [1.54, 1.807) is 23.1 Å². The summed E-state index contributed by atoms with van der Waals surface area (Å²) in [5.41, 5.74) is 1.97. The molecule has 28 heavy (non-hydrogen) atoms. The fraction of sp³-hybridized carbons (Fsp3) is 0.364. The van der Waals surface area contributed by atoms with Gasteiger partial charge < -0.3 is 9.80 Å². The molecule has 1 amide bonds. The van der Waals surface area contributed by atoms with Gasteiger partial charge in [0.15, 0.2) is 5.78 Å². The van der Waals surface area contributed by atoms with Gasteiger partial charge in [0.25, 0.3) is 0 Å². The minimum absolute atomic E-state index is 0.00299. The van der Waals surface area contributed by atoms with Gasteiger partial charge in [-0.1, -0.05) is 12.1 Å². The summed E-state index contributed by atoms with van der Waals surface area (Å²) < 4.78 is 26.7. The van der Waals surface area contributed by atoms with Crippen LogP contribution in [0, 0.1) is 17.6 Å². The fourth-order valence-corrected chi connectivity index (χ4v) is 4.13. The largest absolute Gasteiger partial charge is 0.311 e. The van der Waals surface area contributed by atoms with Gasteiger partial charge >= 0.3 is 0 Å². The van der Waals surface area contributed by atoms with Crippen molar-refractivity contribution in [2.75, 3.05) is 31.1 Å². The lowest BCUT2D eigenvalue weighted by Gasteiger charge is -2.32. The molecule has 0 N–H and O–H groups in total. The second-order valence-electron chi connectivity index (χ2n) is 7.49. The van der Waals surface area contributed by atoms with E-state index < -0.39 is 5.82 Å². The van der Waals surface area contributed by atoms with E-state index in [2.05, 4.69) is 4.90 Å². The highest BCUT2D eigenvalue weighted by Crippen LogP contribution is 2.29. The van der Waals surface area contributed by atoms with Gasteiger partial charge in [-0.15, -0.1) is 0 Å². The number of hydrogen-bond donors (Lipinski definition) is 0. The Bertz CT molecular complexity index is 907. The van der Waals surface area contributed by atoms with Crippen molar-refractivity contribution >= 4 is 17.4 Å². The molecular weight excluding hydrogens is 362 g/mol. The lowest BCUT2D eigenvalue weighted by atomic mass is 9.89. The van der Waals surface area contributed by atoms with E-state index in [9.17, 15) is 18.4 Å². The number of rotatable bonds is 5. The van der Waals surface area contributed by atoms with Crippen LogP contribution in [-0.2, 0) is 11.2 Å². The lowest BCUT2D eigenvalue weighted by molar-refractivity contribution is -0.117. The van der Waals surface area contributed by atoms with Crippen LogP contribution in [-0.4, -0.2) is 42.8 Å². The van der Waals surface area contributed by atoms with E-state index in [1.165, 1.54) is 24.3 Å². The zero-order valence-electron chi connectivity index (χ0n) is 15.5. The number of benzene rings is 2. The van der Waals surface area contributed by atoms with Crippen LogP contribution in [0.1, 0.15) is 28.8 Å². The molecule has 0 saturated carbocycles. The standard InChI is InChI=1S/C22H22F2N2O2/c23-18-3-1-2-16(12-18)22(28)15-6-8-25(9-7-15)10-11-26-20-5-4-19(24)13-17(20)14-21(26)27/h1-5,12-13,15H,6-11,14H2. The van der Waals surface area contributed by atoms with Crippen molar-refractivity contribution in [2.45, 2.75) is 19.3 Å². The van der Waals surface area contributed by atoms with Crippen LogP contribution in [0.15, 0.2) is 42.5 Å². The Morgan fingerprint density at radius 3 is 2.50 bits per heavy atom. The van der Waals surface area contributed by atoms with Crippen LogP contribution in [0.5, 0.6) is 0 Å². The average Bonchev–Trinajstić information content (AvgIpc) is 3.00. The second-order valence-corrected chi connectivity index (χ2v) is 7.49. The Kier molecular flexibility index (Phi) is 5.22. The van der Waals surface area contributed by atoms with E-state index >= 15 is 0 Å². The van der Waals surface area contributed by atoms with Gasteiger partial charge in [0.1, 0.15) is 11.6 Å².